The molecule has 0 unspecified atom stereocenters. The van der Waals surface area contributed by atoms with Crippen LogP contribution in [0.3, 0.4) is 0 Å². The molecule has 0 aliphatic rings. The van der Waals surface area contributed by atoms with Gasteiger partial charge in [0.05, 0.1) is 10.5 Å². The van der Waals surface area contributed by atoms with Crippen molar-refractivity contribution in [2.45, 2.75) is 0 Å². The second-order valence-electron chi connectivity index (χ2n) is 4.59. The number of non-ortho nitro benzene ring substituents is 1. The maximum Gasteiger partial charge on any atom is 0.270 e. The summed E-state index contributed by atoms with van der Waals surface area (Å²) >= 11 is 11.7. The van der Waals surface area contributed by atoms with Gasteiger partial charge < -0.3 is 10.1 Å². The molecule has 2 rings (SSSR count). The van der Waals surface area contributed by atoms with Crippen molar-refractivity contribution in [2.24, 2.45) is 0 Å². The van der Waals surface area contributed by atoms with E-state index in [1.54, 1.807) is 0 Å². The summed E-state index contributed by atoms with van der Waals surface area (Å²) in [6.07, 6.45) is 0.414. The summed E-state index contributed by atoms with van der Waals surface area (Å²) in [5.41, 5.74) is 0.116. The molecule has 0 atom stereocenters. The van der Waals surface area contributed by atoms with Gasteiger partial charge >= 0.3 is 0 Å². The molecular weight excluding hydrogens is 359 g/mol. The Labute approximate surface area is 146 Å². The number of aldehydes is 1. The Bertz CT molecular complexity index is 790. The number of nitrogens with zero attached hydrogens (tertiary/aromatic N) is 1. The maximum atomic E-state index is 11.9. The molecule has 0 heterocycles. The number of ether oxygens (including phenoxy) is 1. The molecule has 7 nitrogen and oxygen atoms in total. The van der Waals surface area contributed by atoms with Gasteiger partial charge in [-0.05, 0) is 24.3 Å². The number of rotatable bonds is 6. The van der Waals surface area contributed by atoms with Crippen LogP contribution in [-0.2, 0) is 4.79 Å². The summed E-state index contributed by atoms with van der Waals surface area (Å²) in [6.45, 7) is -0.400. The number of nitrogens with one attached hydrogen (secondary N) is 1. The number of benzene rings is 2. The quantitative estimate of drug-likeness (QED) is 0.475. The Morgan fingerprint density at radius 3 is 2.46 bits per heavy atom. The van der Waals surface area contributed by atoms with Gasteiger partial charge in [-0.1, -0.05) is 23.2 Å². The van der Waals surface area contributed by atoms with Crippen molar-refractivity contribution in [3.8, 4) is 5.75 Å². The van der Waals surface area contributed by atoms with E-state index in [4.69, 9.17) is 27.9 Å². The molecule has 9 heteroatoms. The van der Waals surface area contributed by atoms with Crippen molar-refractivity contribution in [3.05, 3.63) is 62.1 Å². The first kappa shape index (κ1) is 17.7. The molecule has 0 saturated carbocycles. The molecule has 0 saturated heterocycles. The van der Waals surface area contributed by atoms with Crippen LogP contribution in [-0.4, -0.2) is 23.7 Å². The van der Waals surface area contributed by atoms with Gasteiger partial charge in [0.15, 0.2) is 12.9 Å². The smallest absolute Gasteiger partial charge is 0.270 e. The molecule has 0 fully saturated rings. The van der Waals surface area contributed by atoms with Crippen molar-refractivity contribution < 1.29 is 19.2 Å². The van der Waals surface area contributed by atoms with E-state index in [-0.39, 0.29) is 17.0 Å². The average molecular weight is 369 g/mol. The van der Waals surface area contributed by atoms with Gasteiger partial charge in [0, 0.05) is 27.9 Å². The number of halogens is 2. The van der Waals surface area contributed by atoms with Crippen LogP contribution < -0.4 is 10.1 Å². The van der Waals surface area contributed by atoms with Crippen LogP contribution in [0, 0.1) is 10.1 Å². The number of nitro benzene ring substituents is 1. The second-order valence-corrected chi connectivity index (χ2v) is 5.46. The van der Waals surface area contributed by atoms with E-state index in [9.17, 15) is 19.7 Å². The van der Waals surface area contributed by atoms with Gasteiger partial charge in [-0.3, -0.25) is 19.7 Å². The Morgan fingerprint density at radius 2 is 1.88 bits per heavy atom. The molecule has 2 aromatic carbocycles. The zero-order chi connectivity index (χ0) is 17.7. The standard InChI is InChI=1S/C15H10Cl2N2O5/c16-10-4-11(17)6-12(5-10)18-15(21)8-24-14-2-1-13(19(22)23)3-9(14)7-20/h1-7H,8H2,(H,18,21). The number of carbonyl (C=O) groups is 2. The minimum atomic E-state index is -0.633. The fraction of sp³-hybridized carbons (Fsp3) is 0.0667. The molecule has 0 aliphatic carbocycles. The summed E-state index contributed by atoms with van der Waals surface area (Å²) in [7, 11) is 0. The molecular formula is C15H10Cl2N2O5. The number of anilines is 1. The SMILES string of the molecule is O=Cc1cc([N+](=O)[O-])ccc1OCC(=O)Nc1cc(Cl)cc(Cl)c1. The number of carbonyl (C=O) groups excluding carboxylic acids is 2. The summed E-state index contributed by atoms with van der Waals surface area (Å²) in [5.74, 6) is -0.446. The van der Waals surface area contributed by atoms with Crippen LogP contribution in [0.4, 0.5) is 11.4 Å². The highest BCUT2D eigenvalue weighted by Crippen LogP contribution is 2.24. The maximum absolute atomic E-state index is 11.9. The van der Waals surface area contributed by atoms with Crippen molar-refractivity contribution in [1.29, 1.82) is 0 Å². The van der Waals surface area contributed by atoms with Gasteiger partial charge in [0.2, 0.25) is 0 Å². The first-order valence-corrected chi connectivity index (χ1v) is 7.27. The lowest BCUT2D eigenvalue weighted by Crippen LogP contribution is -2.20. The second kappa shape index (κ2) is 7.76. The van der Waals surface area contributed by atoms with Crippen molar-refractivity contribution in [1.82, 2.24) is 0 Å². The minimum Gasteiger partial charge on any atom is -0.483 e. The van der Waals surface area contributed by atoms with Gasteiger partial charge in [-0.25, -0.2) is 0 Å². The van der Waals surface area contributed by atoms with Gasteiger partial charge in [0.25, 0.3) is 11.6 Å². The lowest BCUT2D eigenvalue weighted by atomic mass is 10.2. The molecule has 1 N–H and O–H groups in total. The Hall–Kier alpha value is -2.64. The lowest BCUT2D eigenvalue weighted by molar-refractivity contribution is -0.384. The Kier molecular flexibility index (Phi) is 5.73. The minimum absolute atomic E-state index is 0.0252. The van der Waals surface area contributed by atoms with Gasteiger partial charge in [0.1, 0.15) is 5.75 Å². The molecule has 2 aromatic rings. The van der Waals surface area contributed by atoms with E-state index in [1.165, 1.54) is 30.3 Å². The molecule has 24 heavy (non-hydrogen) atoms. The fourth-order valence-corrected chi connectivity index (χ4v) is 2.37. The van der Waals surface area contributed by atoms with E-state index >= 15 is 0 Å². The summed E-state index contributed by atoms with van der Waals surface area (Å²) in [4.78, 5) is 32.9. The van der Waals surface area contributed by atoms with E-state index in [2.05, 4.69) is 5.32 Å². The molecule has 0 aliphatic heterocycles. The molecule has 0 spiro atoms. The molecule has 0 bridgehead atoms. The highest BCUT2D eigenvalue weighted by atomic mass is 35.5. The predicted octanol–water partition coefficient (Wildman–Crippen LogP) is 3.73. The number of amides is 1. The van der Waals surface area contributed by atoms with Crippen LogP contribution in [0.25, 0.3) is 0 Å². The Balaban J connectivity index is 2.03. The van der Waals surface area contributed by atoms with E-state index in [1.807, 2.05) is 0 Å². The number of hydrogen-bond donors (Lipinski definition) is 1. The zero-order valence-electron chi connectivity index (χ0n) is 12.0. The number of nitro groups is 1. The van der Waals surface area contributed by atoms with Crippen LogP contribution >= 0.6 is 23.2 Å². The number of hydrogen-bond acceptors (Lipinski definition) is 5. The third-order valence-corrected chi connectivity index (χ3v) is 3.27. The molecule has 0 radical (unpaired) electrons. The zero-order valence-corrected chi connectivity index (χ0v) is 13.5. The largest absolute Gasteiger partial charge is 0.483 e. The molecule has 0 aromatic heterocycles. The first-order valence-electron chi connectivity index (χ1n) is 6.51. The third kappa shape index (κ3) is 4.68. The van der Waals surface area contributed by atoms with Crippen molar-refractivity contribution in [3.63, 3.8) is 0 Å². The van der Waals surface area contributed by atoms with E-state index in [0.29, 0.717) is 22.0 Å². The summed E-state index contributed by atoms with van der Waals surface area (Å²) < 4.78 is 5.23. The lowest BCUT2D eigenvalue weighted by Gasteiger charge is -2.09. The topological polar surface area (TPSA) is 98.5 Å². The first-order chi connectivity index (χ1) is 11.4. The van der Waals surface area contributed by atoms with E-state index in [0.717, 1.165) is 6.07 Å². The van der Waals surface area contributed by atoms with Gasteiger partial charge in [-0.15, -0.1) is 0 Å². The fourth-order valence-electron chi connectivity index (χ4n) is 1.84. The Morgan fingerprint density at radius 1 is 1.21 bits per heavy atom. The third-order valence-electron chi connectivity index (χ3n) is 2.84. The normalized spacial score (nSPS) is 10.1. The predicted molar refractivity (Wildman–Crippen MR) is 89.1 cm³/mol. The van der Waals surface area contributed by atoms with Gasteiger partial charge in [-0.2, -0.15) is 0 Å². The van der Waals surface area contributed by atoms with Crippen LogP contribution in [0.1, 0.15) is 10.4 Å². The summed E-state index contributed by atoms with van der Waals surface area (Å²) in [6, 6.07) is 8.03. The van der Waals surface area contributed by atoms with Crippen LogP contribution in [0.5, 0.6) is 5.75 Å². The summed E-state index contributed by atoms with van der Waals surface area (Å²) in [5, 5.41) is 13.9. The molecule has 124 valence electrons. The molecule has 1 amide bonds. The monoisotopic (exact) mass is 368 g/mol. The van der Waals surface area contributed by atoms with Crippen molar-refractivity contribution >= 4 is 46.8 Å². The average Bonchev–Trinajstić information content (AvgIpc) is 2.51. The van der Waals surface area contributed by atoms with E-state index < -0.39 is 17.4 Å². The van der Waals surface area contributed by atoms with Crippen molar-refractivity contribution in [2.75, 3.05) is 11.9 Å². The van der Waals surface area contributed by atoms with Crippen LogP contribution in [0.2, 0.25) is 10.0 Å². The highest BCUT2D eigenvalue weighted by Gasteiger charge is 2.13. The highest BCUT2D eigenvalue weighted by molar-refractivity contribution is 6.35. The van der Waals surface area contributed by atoms with Crippen LogP contribution in [0.15, 0.2) is 36.4 Å².